The lowest BCUT2D eigenvalue weighted by molar-refractivity contribution is -0.139. The lowest BCUT2D eigenvalue weighted by atomic mass is 10.0. The monoisotopic (exact) mass is 236 g/mol. The lowest BCUT2D eigenvalue weighted by Crippen LogP contribution is -2.52. The van der Waals surface area contributed by atoms with Crippen LogP contribution in [0.25, 0.3) is 0 Å². The zero-order valence-electron chi connectivity index (χ0n) is 9.47. The van der Waals surface area contributed by atoms with Crippen LogP contribution in [0.1, 0.15) is 12.0 Å². The molecule has 0 bridgehead atoms. The number of hydrogen-bond donors (Lipinski definition) is 3. The maximum atomic E-state index is 10.9. The third kappa shape index (κ3) is 2.19. The Kier molecular flexibility index (Phi) is 3.19. The number of benzene rings is 1. The molecule has 0 spiro atoms. The molecule has 0 radical (unpaired) electrons. The molecule has 0 saturated carbocycles. The van der Waals surface area contributed by atoms with E-state index < -0.39 is 12.0 Å². The molecule has 1 saturated heterocycles. The minimum Gasteiger partial charge on any atom is -0.480 e. The molecule has 4 N–H and O–H groups in total. The fourth-order valence-electron chi connectivity index (χ4n) is 2.06. The first-order valence-electron chi connectivity index (χ1n) is 5.62. The fourth-order valence-corrected chi connectivity index (χ4v) is 2.06. The van der Waals surface area contributed by atoms with Crippen molar-refractivity contribution >= 4 is 17.3 Å². The zero-order chi connectivity index (χ0) is 12.4. The quantitative estimate of drug-likeness (QED) is 0.661. The van der Waals surface area contributed by atoms with Crippen LogP contribution in [0.5, 0.6) is 0 Å². The summed E-state index contributed by atoms with van der Waals surface area (Å²) in [6, 6.07) is 5.02. The van der Waals surface area contributed by atoms with E-state index in [9.17, 15) is 4.79 Å². The van der Waals surface area contributed by atoms with Gasteiger partial charge in [-0.2, -0.15) is 0 Å². The number of hydrogen-bond acceptors (Lipinski definition) is 4. The molecule has 17 heavy (non-hydrogen) atoms. The lowest BCUT2D eigenvalue weighted by Gasteiger charge is -2.40. The van der Waals surface area contributed by atoms with Gasteiger partial charge in [0.25, 0.3) is 0 Å². The smallest absolute Gasteiger partial charge is 0.326 e. The van der Waals surface area contributed by atoms with E-state index in [1.807, 2.05) is 17.0 Å². The van der Waals surface area contributed by atoms with E-state index in [0.29, 0.717) is 18.5 Å². The average molecular weight is 236 g/mol. The molecule has 2 rings (SSSR count). The molecular weight excluding hydrogens is 220 g/mol. The Morgan fingerprint density at radius 3 is 2.82 bits per heavy atom. The van der Waals surface area contributed by atoms with Crippen LogP contribution >= 0.6 is 0 Å². The summed E-state index contributed by atoms with van der Waals surface area (Å²) < 4.78 is 0. The number of anilines is 2. The van der Waals surface area contributed by atoms with Crippen molar-refractivity contribution in [1.29, 1.82) is 0 Å². The van der Waals surface area contributed by atoms with Gasteiger partial charge in [-0.15, -0.1) is 0 Å². The average Bonchev–Trinajstić information content (AvgIpc) is 2.21. The number of aliphatic hydroxyl groups excluding tert-OH is 1. The van der Waals surface area contributed by atoms with Gasteiger partial charge in [0.15, 0.2) is 0 Å². The van der Waals surface area contributed by atoms with Crippen molar-refractivity contribution < 1.29 is 15.0 Å². The second kappa shape index (κ2) is 4.63. The maximum absolute atomic E-state index is 10.9. The highest BCUT2D eigenvalue weighted by molar-refractivity contribution is 5.80. The molecule has 1 aromatic rings. The van der Waals surface area contributed by atoms with Crippen LogP contribution in [0.15, 0.2) is 18.2 Å². The summed E-state index contributed by atoms with van der Waals surface area (Å²) in [4.78, 5) is 12.8. The van der Waals surface area contributed by atoms with Crippen LogP contribution < -0.4 is 10.6 Å². The third-order valence-electron chi connectivity index (χ3n) is 3.14. The van der Waals surface area contributed by atoms with Gasteiger partial charge in [-0.05, 0) is 36.6 Å². The highest BCUT2D eigenvalue weighted by atomic mass is 16.4. The SMILES string of the molecule is Nc1ccc(N2CCC2C(=O)O)cc1CCO. The largest absolute Gasteiger partial charge is 0.480 e. The number of carbonyl (C=O) groups is 1. The summed E-state index contributed by atoms with van der Waals surface area (Å²) >= 11 is 0. The van der Waals surface area contributed by atoms with Crippen molar-refractivity contribution in [3.63, 3.8) is 0 Å². The van der Waals surface area contributed by atoms with Crippen LogP contribution in [-0.2, 0) is 11.2 Å². The van der Waals surface area contributed by atoms with Crippen molar-refractivity contribution in [3.05, 3.63) is 23.8 Å². The molecule has 1 heterocycles. The van der Waals surface area contributed by atoms with Crippen LogP contribution in [0.4, 0.5) is 11.4 Å². The molecule has 0 aliphatic carbocycles. The van der Waals surface area contributed by atoms with E-state index >= 15 is 0 Å². The second-order valence-electron chi connectivity index (χ2n) is 4.19. The molecule has 1 fully saturated rings. The number of carboxylic acid groups (broad SMARTS) is 1. The van der Waals surface area contributed by atoms with Crippen molar-refractivity contribution in [2.45, 2.75) is 18.9 Å². The second-order valence-corrected chi connectivity index (χ2v) is 4.19. The summed E-state index contributed by atoms with van der Waals surface area (Å²) in [5, 5.41) is 17.9. The third-order valence-corrected chi connectivity index (χ3v) is 3.14. The Bertz CT molecular complexity index is 434. The summed E-state index contributed by atoms with van der Waals surface area (Å²) in [6.07, 6.45) is 1.17. The number of nitrogens with two attached hydrogens (primary N) is 1. The molecule has 1 aliphatic heterocycles. The van der Waals surface area contributed by atoms with Gasteiger partial charge in [-0.3, -0.25) is 0 Å². The number of carboxylic acids is 1. The standard InChI is InChI=1S/C12H16N2O3/c13-10-2-1-9(7-8(10)4-6-15)14-5-3-11(14)12(16)17/h1-2,7,11,15H,3-6,13H2,(H,16,17). The predicted octanol–water partition coefficient (Wildman–Crippen LogP) is 0.467. The van der Waals surface area contributed by atoms with E-state index in [2.05, 4.69) is 0 Å². The number of rotatable bonds is 4. The van der Waals surface area contributed by atoms with E-state index in [0.717, 1.165) is 17.8 Å². The van der Waals surface area contributed by atoms with Crippen LogP contribution in [0.2, 0.25) is 0 Å². The summed E-state index contributed by atoms with van der Waals surface area (Å²) in [7, 11) is 0. The Labute approximate surface area is 99.5 Å². The van der Waals surface area contributed by atoms with E-state index in [-0.39, 0.29) is 6.61 Å². The Morgan fingerprint density at radius 2 is 2.29 bits per heavy atom. The molecule has 1 aliphatic rings. The Hall–Kier alpha value is -1.75. The number of aliphatic carboxylic acids is 1. The van der Waals surface area contributed by atoms with Gasteiger partial charge in [-0.1, -0.05) is 0 Å². The van der Waals surface area contributed by atoms with E-state index in [4.69, 9.17) is 15.9 Å². The first-order chi connectivity index (χ1) is 8.13. The van der Waals surface area contributed by atoms with Gasteiger partial charge in [0.1, 0.15) is 6.04 Å². The van der Waals surface area contributed by atoms with E-state index in [1.54, 1.807) is 6.07 Å². The van der Waals surface area contributed by atoms with Gasteiger partial charge in [0, 0.05) is 24.5 Å². The normalized spacial score (nSPS) is 18.9. The topological polar surface area (TPSA) is 86.8 Å². The van der Waals surface area contributed by atoms with Gasteiger partial charge in [-0.25, -0.2) is 4.79 Å². The maximum Gasteiger partial charge on any atom is 0.326 e. The summed E-state index contributed by atoms with van der Waals surface area (Å²) in [6.45, 7) is 0.787. The van der Waals surface area contributed by atoms with Crippen molar-refractivity contribution in [2.75, 3.05) is 23.8 Å². The molecule has 1 aromatic carbocycles. The number of nitrogens with zero attached hydrogens (tertiary/aromatic N) is 1. The predicted molar refractivity (Wildman–Crippen MR) is 65.0 cm³/mol. The molecule has 0 aromatic heterocycles. The number of aliphatic hydroxyl groups is 1. The Balaban J connectivity index is 2.21. The first kappa shape index (κ1) is 11.7. The van der Waals surface area contributed by atoms with Crippen LogP contribution in [0.3, 0.4) is 0 Å². The van der Waals surface area contributed by atoms with Gasteiger partial charge < -0.3 is 20.8 Å². The minimum atomic E-state index is -0.795. The van der Waals surface area contributed by atoms with Gasteiger partial charge in [0.05, 0.1) is 0 Å². The number of nitrogen functional groups attached to an aromatic ring is 1. The molecule has 0 amide bonds. The summed E-state index contributed by atoms with van der Waals surface area (Å²) in [5.74, 6) is -0.795. The summed E-state index contributed by atoms with van der Waals surface area (Å²) in [5.41, 5.74) is 8.14. The molecule has 5 nitrogen and oxygen atoms in total. The van der Waals surface area contributed by atoms with E-state index in [1.165, 1.54) is 0 Å². The zero-order valence-corrected chi connectivity index (χ0v) is 9.47. The Morgan fingerprint density at radius 1 is 1.53 bits per heavy atom. The first-order valence-corrected chi connectivity index (χ1v) is 5.62. The van der Waals surface area contributed by atoms with Crippen molar-refractivity contribution in [3.8, 4) is 0 Å². The molecule has 1 atom stereocenters. The van der Waals surface area contributed by atoms with Crippen LogP contribution in [-0.4, -0.2) is 35.4 Å². The van der Waals surface area contributed by atoms with Gasteiger partial charge >= 0.3 is 5.97 Å². The molecule has 1 unspecified atom stereocenters. The fraction of sp³-hybridized carbons (Fsp3) is 0.417. The van der Waals surface area contributed by atoms with Crippen LogP contribution in [0, 0.1) is 0 Å². The highest BCUT2D eigenvalue weighted by Crippen LogP contribution is 2.29. The highest BCUT2D eigenvalue weighted by Gasteiger charge is 2.34. The van der Waals surface area contributed by atoms with Crippen molar-refractivity contribution in [1.82, 2.24) is 0 Å². The molecule has 92 valence electrons. The minimum absolute atomic E-state index is 0.0377. The molecule has 5 heteroatoms. The molecular formula is C12H16N2O3. The van der Waals surface area contributed by atoms with Gasteiger partial charge in [0.2, 0.25) is 0 Å². The van der Waals surface area contributed by atoms with Crippen molar-refractivity contribution in [2.24, 2.45) is 0 Å².